The van der Waals surface area contributed by atoms with E-state index >= 15 is 0 Å². The van der Waals surface area contributed by atoms with E-state index in [0.29, 0.717) is 22.3 Å². The van der Waals surface area contributed by atoms with E-state index < -0.39 is 65.6 Å². The minimum atomic E-state index is -1.90. The third-order valence-electron chi connectivity index (χ3n) is 6.55. The number of benzene rings is 2. The average Bonchev–Trinajstić information content (AvgIpc) is 3.35. The van der Waals surface area contributed by atoms with Crippen molar-refractivity contribution in [1.82, 2.24) is 10.2 Å². The van der Waals surface area contributed by atoms with Crippen molar-refractivity contribution in [2.75, 3.05) is 18.5 Å². The molecule has 2 aliphatic heterocycles. The summed E-state index contributed by atoms with van der Waals surface area (Å²) in [5.74, 6) is -4.26. The number of halogens is 4. The fraction of sp³-hybridized carbons (Fsp3) is 0.385. The van der Waals surface area contributed by atoms with Crippen LogP contribution < -0.4 is 15.4 Å². The maximum absolute atomic E-state index is 14.7. The summed E-state index contributed by atoms with van der Waals surface area (Å²) in [5, 5.41) is 15.3. The lowest BCUT2D eigenvalue weighted by molar-refractivity contribution is -0.138. The lowest BCUT2D eigenvalue weighted by Gasteiger charge is -2.29. The first-order valence-corrected chi connectivity index (χ1v) is 12.1. The number of fused-ring (bicyclic) bond motifs is 2. The molecule has 1 saturated heterocycles. The van der Waals surface area contributed by atoms with Gasteiger partial charge in [-0.2, -0.15) is 5.26 Å². The number of hydrogen-bond acceptors (Lipinski definition) is 5. The molecule has 2 aromatic carbocycles. The number of ether oxygens (including phenoxy) is 1. The number of alkyl halides is 1. The smallest absolute Gasteiger partial charge is 0.258 e. The third-order valence-corrected chi connectivity index (χ3v) is 6.78. The van der Waals surface area contributed by atoms with E-state index in [4.69, 9.17) is 16.3 Å². The van der Waals surface area contributed by atoms with Crippen LogP contribution >= 0.6 is 11.6 Å². The van der Waals surface area contributed by atoms with Crippen molar-refractivity contribution in [3.05, 3.63) is 58.6 Å². The van der Waals surface area contributed by atoms with Gasteiger partial charge in [-0.15, -0.1) is 0 Å². The van der Waals surface area contributed by atoms with E-state index in [1.165, 1.54) is 13.8 Å². The standard InChI is InChI=1S/C26H24ClF3N4O4/c1-25(2,30)10-20(32-22(35)12-38-21-6-4-15(28)8-18(21)29)23(36)34-13-26(9-16(34)11-31)17-7-14(27)3-5-19(17)33-24(26)37/h3-8,16,20H,9-10,12-13H2,1-2H3,(H,32,35)(H,33,37)/t16-,20-,26-/m0/s1. The van der Waals surface area contributed by atoms with Crippen molar-refractivity contribution in [3.8, 4) is 11.8 Å². The first kappa shape index (κ1) is 27.3. The van der Waals surface area contributed by atoms with Crippen LogP contribution in [-0.4, -0.2) is 53.5 Å². The van der Waals surface area contributed by atoms with Crippen LogP contribution in [0.15, 0.2) is 36.4 Å². The molecule has 0 unspecified atom stereocenters. The monoisotopic (exact) mass is 548 g/mol. The van der Waals surface area contributed by atoms with E-state index in [2.05, 4.69) is 10.6 Å². The number of likely N-dealkylation sites (tertiary alicyclic amines) is 1. The Morgan fingerprint density at radius 2 is 2.05 bits per heavy atom. The highest BCUT2D eigenvalue weighted by Gasteiger charge is 2.56. The molecule has 0 bridgehead atoms. The fourth-order valence-electron chi connectivity index (χ4n) is 4.86. The van der Waals surface area contributed by atoms with Crippen LogP contribution in [0.1, 0.15) is 32.3 Å². The number of amides is 3. The number of hydrogen-bond donors (Lipinski definition) is 2. The van der Waals surface area contributed by atoms with Gasteiger partial charge in [0.1, 0.15) is 23.6 Å². The Bertz CT molecular complexity index is 1340. The molecule has 4 rings (SSSR count). The van der Waals surface area contributed by atoms with Crippen molar-refractivity contribution in [3.63, 3.8) is 0 Å². The molecule has 2 N–H and O–H groups in total. The molecule has 0 radical (unpaired) electrons. The van der Waals surface area contributed by atoms with Gasteiger partial charge in [-0.05, 0) is 49.7 Å². The minimum Gasteiger partial charge on any atom is -0.481 e. The second-order valence-corrected chi connectivity index (χ2v) is 10.4. The van der Waals surface area contributed by atoms with Gasteiger partial charge in [0.25, 0.3) is 5.91 Å². The van der Waals surface area contributed by atoms with Crippen molar-refractivity contribution in [2.24, 2.45) is 0 Å². The Morgan fingerprint density at radius 1 is 1.32 bits per heavy atom. The third kappa shape index (κ3) is 5.41. The quantitative estimate of drug-likeness (QED) is 0.549. The zero-order chi connectivity index (χ0) is 27.8. The SMILES string of the molecule is CC(C)(F)C[C@H](NC(=O)COc1ccc(F)cc1F)C(=O)N1C[C@]2(C[C@H]1C#N)C(=O)Nc1ccc(Cl)cc12. The molecule has 3 atom stereocenters. The number of nitriles is 1. The summed E-state index contributed by atoms with van der Waals surface area (Å²) in [6.45, 7) is 1.53. The van der Waals surface area contributed by atoms with Gasteiger partial charge in [-0.3, -0.25) is 14.4 Å². The van der Waals surface area contributed by atoms with Crippen molar-refractivity contribution >= 4 is 35.0 Å². The maximum atomic E-state index is 14.7. The van der Waals surface area contributed by atoms with Gasteiger partial charge in [-0.1, -0.05) is 11.6 Å². The van der Waals surface area contributed by atoms with Gasteiger partial charge in [0.15, 0.2) is 18.2 Å². The second-order valence-electron chi connectivity index (χ2n) is 9.95. The molecule has 38 heavy (non-hydrogen) atoms. The Labute approximate surface area is 221 Å². The van der Waals surface area contributed by atoms with Crippen molar-refractivity contribution in [2.45, 2.75) is 49.9 Å². The summed E-state index contributed by atoms with van der Waals surface area (Å²) >= 11 is 6.15. The van der Waals surface area contributed by atoms with Gasteiger partial charge < -0.3 is 20.3 Å². The van der Waals surface area contributed by atoms with Gasteiger partial charge in [0, 0.05) is 36.2 Å². The van der Waals surface area contributed by atoms with Crippen LogP contribution in [0.4, 0.5) is 18.9 Å². The van der Waals surface area contributed by atoms with Crippen LogP contribution in [0.2, 0.25) is 5.02 Å². The summed E-state index contributed by atoms with van der Waals surface area (Å²) in [5.41, 5.74) is -2.07. The average molecular weight is 549 g/mol. The van der Waals surface area contributed by atoms with Gasteiger partial charge in [-0.25, -0.2) is 13.2 Å². The fourth-order valence-corrected chi connectivity index (χ4v) is 5.03. The zero-order valence-corrected chi connectivity index (χ0v) is 21.2. The lowest BCUT2D eigenvalue weighted by atomic mass is 9.80. The van der Waals surface area contributed by atoms with Gasteiger partial charge >= 0.3 is 0 Å². The first-order valence-electron chi connectivity index (χ1n) is 11.7. The number of anilines is 1. The topological polar surface area (TPSA) is 112 Å². The summed E-state index contributed by atoms with van der Waals surface area (Å²) < 4.78 is 46.7. The van der Waals surface area contributed by atoms with E-state index in [-0.39, 0.29) is 18.7 Å². The molecule has 2 aliphatic rings. The molecule has 0 saturated carbocycles. The Morgan fingerprint density at radius 3 is 2.71 bits per heavy atom. The molecular formula is C26H24ClF3N4O4. The Hall–Kier alpha value is -3.78. The number of rotatable bonds is 7. The zero-order valence-electron chi connectivity index (χ0n) is 20.5. The predicted octanol–water partition coefficient (Wildman–Crippen LogP) is 3.63. The summed E-state index contributed by atoms with van der Waals surface area (Å²) in [7, 11) is 0. The van der Waals surface area contributed by atoms with E-state index in [1.54, 1.807) is 18.2 Å². The highest BCUT2D eigenvalue weighted by atomic mass is 35.5. The number of nitrogens with zero attached hydrogens (tertiary/aromatic N) is 2. The number of nitrogens with one attached hydrogen (secondary N) is 2. The molecule has 3 amide bonds. The van der Waals surface area contributed by atoms with E-state index in [9.17, 15) is 32.8 Å². The molecule has 1 spiro atoms. The largest absolute Gasteiger partial charge is 0.481 e. The second kappa shape index (κ2) is 10.2. The Kier molecular flexibility index (Phi) is 7.30. The molecule has 200 valence electrons. The van der Waals surface area contributed by atoms with E-state index in [0.717, 1.165) is 17.0 Å². The number of carbonyl (C=O) groups is 3. The van der Waals surface area contributed by atoms with Gasteiger partial charge in [0.2, 0.25) is 11.8 Å². The lowest BCUT2D eigenvalue weighted by Crippen LogP contribution is -2.53. The van der Waals surface area contributed by atoms with E-state index in [1.807, 2.05) is 6.07 Å². The maximum Gasteiger partial charge on any atom is 0.258 e. The van der Waals surface area contributed by atoms with Crippen LogP contribution in [0.25, 0.3) is 0 Å². The molecule has 1 fully saturated rings. The molecule has 2 aromatic rings. The minimum absolute atomic E-state index is 0.0128. The summed E-state index contributed by atoms with van der Waals surface area (Å²) in [6, 6.07) is 6.95. The molecule has 0 aromatic heterocycles. The van der Waals surface area contributed by atoms with Crippen LogP contribution in [0.3, 0.4) is 0 Å². The Balaban J connectivity index is 1.55. The van der Waals surface area contributed by atoms with Gasteiger partial charge in [0.05, 0.1) is 11.5 Å². The first-order chi connectivity index (χ1) is 17.8. The number of carbonyl (C=O) groups excluding carboxylic acids is 3. The normalized spacial score (nSPS) is 21.0. The molecule has 0 aliphatic carbocycles. The van der Waals surface area contributed by atoms with Crippen LogP contribution in [0.5, 0.6) is 5.75 Å². The summed E-state index contributed by atoms with van der Waals surface area (Å²) in [4.78, 5) is 40.4. The van der Waals surface area contributed by atoms with Crippen LogP contribution in [0, 0.1) is 23.0 Å². The summed E-state index contributed by atoms with van der Waals surface area (Å²) in [6.07, 6.45) is -0.459. The predicted molar refractivity (Wildman–Crippen MR) is 131 cm³/mol. The molecule has 2 heterocycles. The molecule has 8 nitrogen and oxygen atoms in total. The highest BCUT2D eigenvalue weighted by Crippen LogP contribution is 2.47. The van der Waals surface area contributed by atoms with Crippen molar-refractivity contribution in [1.29, 1.82) is 5.26 Å². The van der Waals surface area contributed by atoms with Crippen LogP contribution in [-0.2, 0) is 19.8 Å². The molecular weight excluding hydrogens is 525 g/mol. The molecule has 12 heteroatoms. The highest BCUT2D eigenvalue weighted by molar-refractivity contribution is 6.31. The van der Waals surface area contributed by atoms with Crippen molar-refractivity contribution < 1.29 is 32.3 Å².